The number of ether oxygens (including phenoxy) is 1. The summed E-state index contributed by atoms with van der Waals surface area (Å²) in [5.41, 5.74) is 0.534. The number of rotatable bonds is 4. The zero-order valence-corrected chi connectivity index (χ0v) is 7.86. The van der Waals surface area contributed by atoms with Gasteiger partial charge in [0.2, 0.25) is 5.88 Å². The summed E-state index contributed by atoms with van der Waals surface area (Å²) in [6.07, 6.45) is 1.99. The number of ketones is 1. The fourth-order valence-electron chi connectivity index (χ4n) is 1.01. The fourth-order valence-corrected chi connectivity index (χ4v) is 1.01. The Labute approximate surface area is 82.1 Å². The normalized spacial score (nSPS) is 9.14. The van der Waals surface area contributed by atoms with Crippen LogP contribution in [0.1, 0.15) is 23.2 Å². The molecule has 0 bridgehead atoms. The molecule has 1 heterocycles. The first kappa shape index (κ1) is 10.2. The van der Waals surface area contributed by atoms with Crippen LogP contribution < -0.4 is 4.74 Å². The van der Waals surface area contributed by atoms with Gasteiger partial charge >= 0.3 is 0 Å². The minimum Gasteiger partial charge on any atom is -0.481 e. The number of pyridine rings is 1. The average molecular weight is 190 g/mol. The third kappa shape index (κ3) is 2.56. The van der Waals surface area contributed by atoms with Crippen LogP contribution in [0.3, 0.4) is 0 Å². The van der Waals surface area contributed by atoms with E-state index in [4.69, 9.17) is 10.00 Å². The van der Waals surface area contributed by atoms with Gasteiger partial charge in [0.05, 0.1) is 13.2 Å². The third-order valence-electron chi connectivity index (χ3n) is 1.73. The summed E-state index contributed by atoms with van der Waals surface area (Å²) in [6.45, 7) is 0. The summed E-state index contributed by atoms with van der Waals surface area (Å²) in [5, 5.41) is 8.32. The van der Waals surface area contributed by atoms with Gasteiger partial charge in [-0.15, -0.1) is 0 Å². The quantitative estimate of drug-likeness (QED) is 0.676. The van der Waals surface area contributed by atoms with Crippen LogP contribution in [0.4, 0.5) is 0 Å². The topological polar surface area (TPSA) is 63.0 Å². The van der Waals surface area contributed by atoms with Gasteiger partial charge in [-0.1, -0.05) is 0 Å². The van der Waals surface area contributed by atoms with Crippen molar-refractivity contribution in [3.8, 4) is 11.9 Å². The molecule has 0 unspecified atom stereocenters. The Bertz CT molecular complexity index is 369. The number of nitriles is 1. The molecule has 0 radical (unpaired) electrons. The first-order valence-corrected chi connectivity index (χ1v) is 4.18. The highest BCUT2D eigenvalue weighted by atomic mass is 16.5. The highest BCUT2D eigenvalue weighted by Gasteiger charge is 2.06. The zero-order valence-electron chi connectivity index (χ0n) is 7.86. The number of methoxy groups -OCH3 is 1. The highest BCUT2D eigenvalue weighted by molar-refractivity contribution is 5.96. The average Bonchev–Trinajstić information content (AvgIpc) is 2.26. The molecule has 0 amide bonds. The van der Waals surface area contributed by atoms with Gasteiger partial charge in [0.15, 0.2) is 5.78 Å². The van der Waals surface area contributed by atoms with Crippen molar-refractivity contribution in [2.75, 3.05) is 7.11 Å². The smallest absolute Gasteiger partial charge is 0.213 e. The molecule has 0 fully saturated rings. The Kier molecular flexibility index (Phi) is 3.62. The van der Waals surface area contributed by atoms with Gasteiger partial charge in [-0.2, -0.15) is 5.26 Å². The first-order valence-electron chi connectivity index (χ1n) is 4.18. The summed E-state index contributed by atoms with van der Waals surface area (Å²) in [7, 11) is 1.49. The number of aromatic nitrogens is 1. The number of Topliss-reactive ketones (excluding diaryl/α,β-unsaturated/α-hetero) is 1. The predicted octanol–water partition coefficient (Wildman–Crippen LogP) is 1.58. The molecule has 1 aromatic rings. The van der Waals surface area contributed by atoms with E-state index in [0.29, 0.717) is 11.4 Å². The Morgan fingerprint density at radius 1 is 1.71 bits per heavy atom. The van der Waals surface area contributed by atoms with Crippen molar-refractivity contribution in [3.63, 3.8) is 0 Å². The van der Waals surface area contributed by atoms with E-state index < -0.39 is 0 Å². The largest absolute Gasteiger partial charge is 0.481 e. The summed E-state index contributed by atoms with van der Waals surface area (Å²) in [6, 6.07) is 5.11. The van der Waals surface area contributed by atoms with Crippen molar-refractivity contribution in [2.24, 2.45) is 0 Å². The fraction of sp³-hybridized carbons (Fsp3) is 0.300. The minimum absolute atomic E-state index is 0.0627. The van der Waals surface area contributed by atoms with Gasteiger partial charge in [-0.25, -0.2) is 4.98 Å². The molecule has 0 spiro atoms. The maximum Gasteiger partial charge on any atom is 0.213 e. The van der Waals surface area contributed by atoms with Crippen LogP contribution in [0.5, 0.6) is 5.88 Å². The summed E-state index contributed by atoms with van der Waals surface area (Å²) >= 11 is 0. The van der Waals surface area contributed by atoms with Crippen LogP contribution in [0.25, 0.3) is 0 Å². The monoisotopic (exact) mass is 190 g/mol. The number of carbonyl (C=O) groups is 1. The van der Waals surface area contributed by atoms with Crippen molar-refractivity contribution in [2.45, 2.75) is 12.8 Å². The molecule has 72 valence electrons. The van der Waals surface area contributed by atoms with Crippen LogP contribution in [0.15, 0.2) is 18.3 Å². The van der Waals surface area contributed by atoms with Crippen molar-refractivity contribution in [1.29, 1.82) is 5.26 Å². The van der Waals surface area contributed by atoms with Crippen LogP contribution in [0, 0.1) is 11.3 Å². The van der Waals surface area contributed by atoms with Gasteiger partial charge in [0, 0.05) is 30.7 Å². The molecule has 0 aliphatic heterocycles. The molecule has 0 saturated heterocycles. The number of carbonyl (C=O) groups excluding carboxylic acids is 1. The van der Waals surface area contributed by atoms with Crippen LogP contribution in [-0.2, 0) is 0 Å². The molecule has 0 saturated carbocycles. The molecule has 0 atom stereocenters. The summed E-state index contributed by atoms with van der Waals surface area (Å²) in [5.74, 6) is 0.347. The molecule has 0 aromatic carbocycles. The van der Waals surface area contributed by atoms with E-state index in [1.165, 1.54) is 13.3 Å². The second-order valence-corrected chi connectivity index (χ2v) is 2.67. The van der Waals surface area contributed by atoms with Gasteiger partial charge in [0.25, 0.3) is 0 Å². The Morgan fingerprint density at radius 2 is 2.50 bits per heavy atom. The van der Waals surface area contributed by atoms with Gasteiger partial charge in [-0.05, 0) is 6.07 Å². The summed E-state index contributed by atoms with van der Waals surface area (Å²) in [4.78, 5) is 15.3. The second-order valence-electron chi connectivity index (χ2n) is 2.67. The van der Waals surface area contributed by atoms with E-state index in [9.17, 15) is 4.79 Å². The lowest BCUT2D eigenvalue weighted by molar-refractivity contribution is 0.0983. The number of nitrogens with zero attached hydrogens (tertiary/aromatic N) is 2. The van der Waals surface area contributed by atoms with Crippen molar-refractivity contribution in [1.82, 2.24) is 4.98 Å². The standard InChI is InChI=1S/C10H10N2O2/c1-14-10-7-8(4-6-12-10)9(13)3-2-5-11/h4,6-7H,2-3H2,1H3. The number of hydrogen-bond acceptors (Lipinski definition) is 4. The van der Waals surface area contributed by atoms with E-state index in [1.54, 1.807) is 12.1 Å². The molecule has 0 N–H and O–H groups in total. The van der Waals surface area contributed by atoms with Gasteiger partial charge < -0.3 is 4.74 Å². The maximum atomic E-state index is 11.4. The summed E-state index contributed by atoms with van der Waals surface area (Å²) < 4.78 is 4.88. The predicted molar refractivity (Wildman–Crippen MR) is 50.0 cm³/mol. The van der Waals surface area contributed by atoms with Crippen LogP contribution in [-0.4, -0.2) is 17.9 Å². The maximum absolute atomic E-state index is 11.4. The van der Waals surface area contributed by atoms with Gasteiger partial charge in [0.1, 0.15) is 0 Å². The van der Waals surface area contributed by atoms with E-state index in [2.05, 4.69) is 4.98 Å². The second kappa shape index (κ2) is 4.97. The van der Waals surface area contributed by atoms with Crippen LogP contribution in [0.2, 0.25) is 0 Å². The molecule has 4 heteroatoms. The lowest BCUT2D eigenvalue weighted by Crippen LogP contribution is -1.99. The Balaban J connectivity index is 2.75. The van der Waals surface area contributed by atoms with Crippen molar-refractivity contribution >= 4 is 5.78 Å². The van der Waals surface area contributed by atoms with Crippen LogP contribution >= 0.6 is 0 Å². The zero-order chi connectivity index (χ0) is 10.4. The molecule has 14 heavy (non-hydrogen) atoms. The molecule has 4 nitrogen and oxygen atoms in total. The van der Waals surface area contributed by atoms with E-state index in [-0.39, 0.29) is 18.6 Å². The third-order valence-corrected chi connectivity index (χ3v) is 1.73. The van der Waals surface area contributed by atoms with Gasteiger partial charge in [-0.3, -0.25) is 4.79 Å². The molecule has 0 aliphatic rings. The molecule has 0 aliphatic carbocycles. The van der Waals surface area contributed by atoms with Crippen molar-refractivity contribution < 1.29 is 9.53 Å². The first-order chi connectivity index (χ1) is 6.77. The van der Waals surface area contributed by atoms with E-state index in [1.807, 2.05) is 6.07 Å². The molecular formula is C10H10N2O2. The van der Waals surface area contributed by atoms with E-state index in [0.717, 1.165) is 0 Å². The molecular weight excluding hydrogens is 180 g/mol. The lowest BCUT2D eigenvalue weighted by Gasteiger charge is -2.00. The minimum atomic E-state index is -0.0627. The molecule has 1 aromatic heterocycles. The SMILES string of the molecule is COc1cc(C(=O)CCC#N)ccn1. The Morgan fingerprint density at radius 3 is 3.14 bits per heavy atom. The van der Waals surface area contributed by atoms with Crippen molar-refractivity contribution in [3.05, 3.63) is 23.9 Å². The number of hydrogen-bond donors (Lipinski definition) is 0. The van der Waals surface area contributed by atoms with E-state index >= 15 is 0 Å². The lowest BCUT2D eigenvalue weighted by atomic mass is 10.1. The highest BCUT2D eigenvalue weighted by Crippen LogP contribution is 2.11. The Hall–Kier alpha value is -1.89. The molecule has 1 rings (SSSR count).